The second kappa shape index (κ2) is 29.5. The van der Waals surface area contributed by atoms with E-state index >= 15 is 0 Å². The van der Waals surface area contributed by atoms with Crippen LogP contribution in [0, 0.1) is 28.7 Å². The highest BCUT2D eigenvalue weighted by Gasteiger charge is 2.71. The molecule has 0 aromatic heterocycles. The fourth-order valence-electron chi connectivity index (χ4n) is 14.5. The fourth-order valence-corrected chi connectivity index (χ4v) is 15.0. The molecule has 0 aliphatic heterocycles. The number of carboxylic acid groups (broad SMARTS) is 1. The quantitative estimate of drug-likeness (QED) is 0.0339. The summed E-state index contributed by atoms with van der Waals surface area (Å²) in [6.45, 7) is 10.2. The normalized spacial score (nSPS) is 27.5. The zero-order valence-electron chi connectivity index (χ0n) is 55.7. The van der Waals surface area contributed by atoms with Gasteiger partial charge >= 0.3 is 18.2 Å². The fraction of sp³-hybridized carbons (Fsp3) is 0.551. The van der Waals surface area contributed by atoms with Crippen LogP contribution in [0.15, 0.2) is 72.8 Å². The molecule has 540 valence electrons. The molecular weight excluding hydrogens is 1380 g/mol. The average Bonchev–Trinajstić information content (AvgIpc) is 0.710. The zero-order chi connectivity index (χ0) is 72.4. The third-order valence-electron chi connectivity index (χ3n) is 18.2. The number of ether oxygens (including phenoxy) is 7. The van der Waals surface area contributed by atoms with E-state index in [1.807, 2.05) is 41.5 Å². The molecule has 13 fully saturated rings. The second-order valence-corrected chi connectivity index (χ2v) is 31.7. The lowest BCUT2D eigenvalue weighted by Crippen LogP contribution is -2.84. The number of nitrogens with two attached hydrogens (primary N) is 2. The standard InChI is InChI=1S/C20H23ClFNO4.C18H22ClFN2O4.C13H14ClFN2O2.C10H18N2O2.C8H6ClFO3/c21-16-5-4-15(6-17(16)22)27-9-18(25)23-20-10-19(11-20,12-20)7-13(24)8-26-14-2-1-3-14;1-16(2,3)26-15(24)22-18-8-17(9-18,10-18)21-14(23)7-25-11-4-5-12(19)13(20)6-11;14-9-2-1-8(3-10(9)15)19-4-11(18)17-13-5-12(16,6-13)7-13;1-8(2,3)14-7(13)12-10-4-9(11,5-10)6-10;9-6-2-1-5(3-7(6)10)13-4-8(11)12/h4-6,14H,1-3,7-12H2,(H,23,25);4-6H,7-10H2,1-3H3,(H,21,23)(H,22,24);1-3H,4-7,16H2,(H,17,18);4-6,11H2,1-3H3,(H,12,13);1-3H,4H2,(H,11,12). The minimum atomic E-state index is -1.12. The summed E-state index contributed by atoms with van der Waals surface area (Å²) in [7, 11) is 0. The number of hydrogen-bond acceptors (Lipinski definition) is 16. The van der Waals surface area contributed by atoms with Crippen LogP contribution in [0.5, 0.6) is 23.0 Å². The number of ketones is 1. The van der Waals surface area contributed by atoms with E-state index in [1.165, 1.54) is 55.0 Å². The van der Waals surface area contributed by atoms with Crippen molar-refractivity contribution in [2.75, 3.05) is 33.0 Å². The number of benzene rings is 4. The van der Waals surface area contributed by atoms with Crippen molar-refractivity contribution >= 4 is 88.1 Å². The Labute approximate surface area is 590 Å². The molecule has 22 nitrogen and oxygen atoms in total. The highest BCUT2D eigenvalue weighted by molar-refractivity contribution is 6.31. The van der Waals surface area contributed by atoms with Crippen LogP contribution >= 0.6 is 46.4 Å². The number of alkyl carbamates (subject to hydrolysis) is 2. The molecule has 99 heavy (non-hydrogen) atoms. The first-order valence-corrected chi connectivity index (χ1v) is 33.8. The van der Waals surface area contributed by atoms with Crippen LogP contribution in [0.4, 0.5) is 27.2 Å². The van der Waals surface area contributed by atoms with Crippen molar-refractivity contribution in [3.8, 4) is 23.0 Å². The Balaban J connectivity index is 0.000000149. The summed E-state index contributed by atoms with van der Waals surface area (Å²) in [6.07, 6.45) is 13.1. The Morgan fingerprint density at radius 2 is 0.747 bits per heavy atom. The number of hydrogen-bond donors (Lipinski definition) is 8. The highest BCUT2D eigenvalue weighted by Crippen LogP contribution is 2.69. The van der Waals surface area contributed by atoms with E-state index in [0.717, 1.165) is 94.9 Å². The number of Topliss-reactive ketones (excluding diaryl/α,β-unsaturated/α-hetero) is 1. The number of nitrogens with one attached hydrogen (secondary N) is 5. The zero-order valence-corrected chi connectivity index (χ0v) is 58.7. The Morgan fingerprint density at radius 3 is 1.03 bits per heavy atom. The van der Waals surface area contributed by atoms with Crippen molar-refractivity contribution in [1.29, 1.82) is 0 Å². The number of carbonyl (C=O) groups is 7. The van der Waals surface area contributed by atoms with E-state index in [1.54, 1.807) is 0 Å². The highest BCUT2D eigenvalue weighted by atomic mass is 35.5. The second-order valence-electron chi connectivity index (χ2n) is 30.1. The predicted molar refractivity (Wildman–Crippen MR) is 357 cm³/mol. The van der Waals surface area contributed by atoms with Gasteiger partial charge in [0, 0.05) is 63.9 Å². The molecule has 4 aromatic rings. The first-order valence-electron chi connectivity index (χ1n) is 32.3. The molecule has 10 N–H and O–H groups in total. The Kier molecular flexibility index (Phi) is 22.7. The lowest BCUT2D eigenvalue weighted by Gasteiger charge is -2.70. The van der Waals surface area contributed by atoms with E-state index in [2.05, 4.69) is 26.6 Å². The van der Waals surface area contributed by atoms with Crippen molar-refractivity contribution in [3.05, 3.63) is 116 Å². The lowest BCUT2D eigenvalue weighted by atomic mass is 9.38. The number of carboxylic acids is 1. The van der Waals surface area contributed by atoms with Crippen LogP contribution in [-0.2, 0) is 38.2 Å². The largest absolute Gasteiger partial charge is 0.484 e. The maximum Gasteiger partial charge on any atom is 0.408 e. The van der Waals surface area contributed by atoms with Gasteiger partial charge < -0.3 is 76.3 Å². The smallest absolute Gasteiger partial charge is 0.408 e. The lowest BCUT2D eigenvalue weighted by molar-refractivity contribution is -0.175. The third kappa shape index (κ3) is 20.4. The number of halogens is 8. The Morgan fingerprint density at radius 1 is 0.455 bits per heavy atom. The first kappa shape index (κ1) is 76.1. The summed E-state index contributed by atoms with van der Waals surface area (Å²) in [4.78, 5) is 81.3. The van der Waals surface area contributed by atoms with Gasteiger partial charge in [-0.05, 0) is 192 Å². The van der Waals surface area contributed by atoms with Crippen LogP contribution in [0.25, 0.3) is 0 Å². The predicted octanol–water partition coefficient (Wildman–Crippen LogP) is 11.3. The van der Waals surface area contributed by atoms with Gasteiger partial charge in [-0.1, -0.05) is 46.4 Å². The molecule has 30 heteroatoms. The van der Waals surface area contributed by atoms with Crippen molar-refractivity contribution < 1.29 is 89.4 Å². The number of rotatable bonds is 22. The summed E-state index contributed by atoms with van der Waals surface area (Å²) >= 11 is 22.2. The summed E-state index contributed by atoms with van der Waals surface area (Å²) in [5, 5.41) is 22.9. The van der Waals surface area contributed by atoms with Crippen LogP contribution in [-0.4, -0.2) is 136 Å². The molecule has 0 atom stereocenters. The molecule has 13 aliphatic rings. The number of aliphatic carboxylic acids is 1. The molecule has 13 aliphatic carbocycles. The summed E-state index contributed by atoms with van der Waals surface area (Å²) in [6, 6.07) is 15.9. The molecule has 0 unspecified atom stereocenters. The van der Waals surface area contributed by atoms with Crippen LogP contribution < -0.4 is 57.0 Å². The van der Waals surface area contributed by atoms with Crippen LogP contribution in [0.3, 0.4) is 0 Å². The van der Waals surface area contributed by atoms with Gasteiger partial charge in [-0.2, -0.15) is 0 Å². The van der Waals surface area contributed by atoms with E-state index in [0.29, 0.717) is 25.7 Å². The minimum Gasteiger partial charge on any atom is -0.484 e. The van der Waals surface area contributed by atoms with Gasteiger partial charge in [0.2, 0.25) is 0 Å². The topological polar surface area (TPSA) is 317 Å². The summed E-state index contributed by atoms with van der Waals surface area (Å²) in [5.74, 6) is -3.14. The van der Waals surface area contributed by atoms with Crippen molar-refractivity contribution in [2.24, 2.45) is 16.9 Å². The molecule has 0 saturated heterocycles. The number of carbonyl (C=O) groups excluding carboxylic acids is 6. The van der Waals surface area contributed by atoms with E-state index in [-0.39, 0.29) is 149 Å². The summed E-state index contributed by atoms with van der Waals surface area (Å²) < 4.78 is 89.1. The van der Waals surface area contributed by atoms with Gasteiger partial charge in [-0.15, -0.1) is 0 Å². The molecule has 0 radical (unpaired) electrons. The summed E-state index contributed by atoms with van der Waals surface area (Å²) in [5.41, 5.74) is 9.94. The minimum absolute atomic E-state index is 0.00143. The first-order chi connectivity index (χ1) is 46.1. The van der Waals surface area contributed by atoms with Crippen LogP contribution in [0.2, 0.25) is 20.1 Å². The van der Waals surface area contributed by atoms with Gasteiger partial charge in [0.25, 0.3) is 17.7 Å². The van der Waals surface area contributed by atoms with Crippen molar-refractivity contribution in [3.63, 3.8) is 0 Å². The third-order valence-corrected chi connectivity index (χ3v) is 19.4. The van der Waals surface area contributed by atoms with Gasteiger partial charge in [0.05, 0.1) is 31.7 Å². The SMILES string of the molecule is CC(C)(C)OC(=O)NC12CC(N)(C1)C2.CC(C)(C)OC(=O)NC12CC(NC(=O)COc3ccc(Cl)c(F)c3)(C1)C2.NC12CC(NC(=O)COc3ccc(Cl)c(F)c3)(C1)C2.O=C(COC1CCC1)CC12CC(NC(=O)COc3ccc(Cl)c(F)c3)(C1)C2.O=C(O)COc1ccc(Cl)c(F)c1. The molecule has 5 amide bonds. The molecule has 13 saturated carbocycles. The monoisotopic (exact) mass is 1470 g/mol. The maximum atomic E-state index is 13.4. The van der Waals surface area contributed by atoms with E-state index < -0.39 is 53.1 Å². The Bertz CT molecular complexity index is 3660. The molecule has 8 bridgehead atoms. The van der Waals surface area contributed by atoms with Crippen molar-refractivity contribution in [1.82, 2.24) is 26.6 Å². The van der Waals surface area contributed by atoms with Gasteiger partial charge in [0.1, 0.15) is 64.1 Å². The number of amides is 5. The molecule has 17 rings (SSSR count). The van der Waals surface area contributed by atoms with Gasteiger partial charge in [0.15, 0.2) is 32.2 Å². The average molecular weight is 1470 g/mol. The van der Waals surface area contributed by atoms with Crippen LogP contribution in [0.1, 0.15) is 144 Å². The molecule has 4 aromatic carbocycles. The van der Waals surface area contributed by atoms with Crippen molar-refractivity contribution in [2.45, 2.75) is 200 Å². The molecule has 0 heterocycles. The van der Waals surface area contributed by atoms with Gasteiger partial charge in [-0.3, -0.25) is 19.2 Å². The Hall–Kier alpha value is -7.07. The molecule has 0 spiro atoms. The molecular formula is C69H83Cl4F4N7O15. The van der Waals surface area contributed by atoms with E-state index in [9.17, 15) is 51.1 Å². The van der Waals surface area contributed by atoms with E-state index in [4.69, 9.17) is 96.1 Å². The maximum absolute atomic E-state index is 13.4. The van der Waals surface area contributed by atoms with Gasteiger partial charge in [-0.25, -0.2) is 31.9 Å².